The molecule has 3 fully saturated rings. The fourth-order valence-electron chi connectivity index (χ4n) is 10.9. The van der Waals surface area contributed by atoms with Gasteiger partial charge < -0.3 is 28.0 Å². The van der Waals surface area contributed by atoms with E-state index in [0.29, 0.717) is 22.5 Å². The molecule has 0 heterocycles. The molecule has 0 bridgehead atoms. The molecule has 9 unspecified atom stereocenters. The van der Waals surface area contributed by atoms with Crippen LogP contribution in [0, 0.1) is 51.8 Å². The van der Waals surface area contributed by atoms with Gasteiger partial charge in [-0.25, -0.2) is 0 Å². The number of fused-ring (bicyclic) bond motifs is 5. The summed E-state index contributed by atoms with van der Waals surface area (Å²) in [7, 11) is 0. The Kier molecular flexibility index (Phi) is 13.6. The van der Waals surface area contributed by atoms with Crippen LogP contribution in [0.2, 0.25) is 0 Å². The van der Waals surface area contributed by atoms with Gasteiger partial charge in [0.15, 0.2) is 0 Å². The standard InChI is InChI=1S/C35H56N2O.C6H10N2.C2H6/c1-22(2)8-7-9-23(3)27-13-14-28-26-12-15-31-34(5,29(26)16-18-33(27,28)4)19-17-32(38)35(31,6)21-24-10-11-25(36)20-30(24)37;1-3-6(8)4-5(2)7;1-2/h10-11,15,20,22-23,26-29,32,38H,7-9,12-14,16-19,21,36-37H2,1-6H3;3-4H,1-2,7-8H2;1-2H3/b;6-4+;. The molecule has 0 saturated heterocycles. The molecule has 4 aliphatic rings. The van der Waals surface area contributed by atoms with Crippen LogP contribution in [0.4, 0.5) is 11.4 Å². The predicted octanol–water partition coefficient (Wildman–Crippen LogP) is 9.93. The Bertz CT molecular complexity index is 1310. The number of nitrogen functional groups attached to an aromatic ring is 2. The van der Waals surface area contributed by atoms with Gasteiger partial charge >= 0.3 is 0 Å². The highest BCUT2D eigenvalue weighted by molar-refractivity contribution is 5.57. The Balaban J connectivity index is 0.000000550. The Labute approximate surface area is 294 Å². The number of allylic oxidation sites excluding steroid dienone is 3. The summed E-state index contributed by atoms with van der Waals surface area (Å²) in [5, 5.41) is 11.5. The molecule has 9 N–H and O–H groups in total. The Hall–Kier alpha value is -2.66. The lowest BCUT2D eigenvalue weighted by Crippen LogP contribution is -2.55. The van der Waals surface area contributed by atoms with E-state index in [1.807, 2.05) is 26.0 Å². The SMILES string of the molecule is C=C/C(N)=C\C(=C)N.CC.CC(C)CCCC(C)C1CCC2C3CC=C4C(C)(Cc5ccc(N)cc5N)C(O)CCC4(C)C3CCC12C. The highest BCUT2D eigenvalue weighted by Crippen LogP contribution is 2.69. The number of hydrogen-bond acceptors (Lipinski definition) is 5. The molecular weight excluding hydrogens is 589 g/mol. The van der Waals surface area contributed by atoms with Crippen molar-refractivity contribution in [1.29, 1.82) is 0 Å². The van der Waals surface area contributed by atoms with E-state index in [-0.39, 0.29) is 16.9 Å². The van der Waals surface area contributed by atoms with Crippen LogP contribution in [0.3, 0.4) is 0 Å². The van der Waals surface area contributed by atoms with Crippen molar-refractivity contribution in [3.8, 4) is 0 Å². The normalized spacial score (nSPS) is 34.6. The molecule has 4 aliphatic carbocycles. The minimum atomic E-state index is -0.327. The number of benzene rings is 1. The summed E-state index contributed by atoms with van der Waals surface area (Å²) in [4.78, 5) is 0. The zero-order valence-electron chi connectivity index (χ0n) is 32.0. The summed E-state index contributed by atoms with van der Waals surface area (Å²) in [5.74, 6) is 4.97. The third-order valence-electron chi connectivity index (χ3n) is 13.3. The van der Waals surface area contributed by atoms with Gasteiger partial charge in [0, 0.05) is 28.2 Å². The minimum absolute atomic E-state index is 0.182. The molecule has 0 amide bonds. The number of aliphatic hydroxyl groups is 1. The number of rotatable bonds is 9. The molecule has 0 radical (unpaired) electrons. The summed E-state index contributed by atoms with van der Waals surface area (Å²) in [6.07, 6.45) is 19.1. The second-order valence-electron chi connectivity index (χ2n) is 16.7. The van der Waals surface area contributed by atoms with Gasteiger partial charge in [-0.1, -0.05) is 106 Å². The van der Waals surface area contributed by atoms with E-state index < -0.39 is 0 Å². The van der Waals surface area contributed by atoms with Gasteiger partial charge in [-0.3, -0.25) is 0 Å². The maximum absolute atomic E-state index is 11.5. The third kappa shape index (κ3) is 8.20. The summed E-state index contributed by atoms with van der Waals surface area (Å²) < 4.78 is 0. The van der Waals surface area contributed by atoms with Gasteiger partial charge in [0.05, 0.1) is 6.10 Å². The lowest BCUT2D eigenvalue weighted by Gasteiger charge is -2.62. The zero-order chi connectivity index (χ0) is 36.0. The topological polar surface area (TPSA) is 124 Å². The van der Waals surface area contributed by atoms with E-state index >= 15 is 0 Å². The molecule has 1 aromatic carbocycles. The number of anilines is 2. The first-order valence-corrected chi connectivity index (χ1v) is 19.1. The molecule has 48 heavy (non-hydrogen) atoms. The van der Waals surface area contributed by atoms with Gasteiger partial charge in [-0.05, 0) is 128 Å². The highest BCUT2D eigenvalue weighted by atomic mass is 16.3. The van der Waals surface area contributed by atoms with E-state index in [1.165, 1.54) is 63.0 Å². The molecule has 0 aliphatic heterocycles. The summed E-state index contributed by atoms with van der Waals surface area (Å²) in [6, 6.07) is 5.91. The van der Waals surface area contributed by atoms with Crippen molar-refractivity contribution in [2.75, 3.05) is 11.5 Å². The van der Waals surface area contributed by atoms with Crippen LogP contribution in [-0.2, 0) is 6.42 Å². The van der Waals surface area contributed by atoms with E-state index in [1.54, 1.807) is 6.08 Å². The van der Waals surface area contributed by atoms with Gasteiger partial charge in [0.2, 0.25) is 0 Å². The van der Waals surface area contributed by atoms with Crippen LogP contribution < -0.4 is 22.9 Å². The lowest BCUT2D eigenvalue weighted by atomic mass is 9.43. The van der Waals surface area contributed by atoms with Crippen LogP contribution in [0.1, 0.15) is 125 Å². The van der Waals surface area contributed by atoms with E-state index in [0.717, 1.165) is 66.0 Å². The fourth-order valence-corrected chi connectivity index (χ4v) is 10.9. The van der Waals surface area contributed by atoms with Crippen molar-refractivity contribution >= 4 is 11.4 Å². The van der Waals surface area contributed by atoms with Gasteiger partial charge in [0.1, 0.15) is 0 Å². The van der Waals surface area contributed by atoms with Crippen molar-refractivity contribution in [3.63, 3.8) is 0 Å². The largest absolute Gasteiger partial charge is 0.399 e. The molecule has 0 aromatic heterocycles. The molecule has 270 valence electrons. The molecule has 0 spiro atoms. The molecule has 5 heteroatoms. The van der Waals surface area contributed by atoms with E-state index in [2.05, 4.69) is 66.8 Å². The minimum Gasteiger partial charge on any atom is -0.399 e. The van der Waals surface area contributed by atoms with E-state index in [9.17, 15) is 5.11 Å². The van der Waals surface area contributed by atoms with Crippen LogP contribution in [0.25, 0.3) is 0 Å². The smallest absolute Gasteiger partial charge is 0.0634 e. The van der Waals surface area contributed by atoms with Gasteiger partial charge in [0.25, 0.3) is 0 Å². The predicted molar refractivity (Wildman–Crippen MR) is 209 cm³/mol. The van der Waals surface area contributed by atoms with Crippen LogP contribution in [0.15, 0.2) is 66.6 Å². The second-order valence-corrected chi connectivity index (χ2v) is 16.7. The summed E-state index contributed by atoms with van der Waals surface area (Å²) >= 11 is 0. The molecule has 5 nitrogen and oxygen atoms in total. The maximum atomic E-state index is 11.5. The first-order valence-electron chi connectivity index (χ1n) is 19.1. The number of aliphatic hydroxyl groups excluding tert-OH is 1. The molecular formula is C43H72N4O. The van der Waals surface area contributed by atoms with Crippen molar-refractivity contribution < 1.29 is 5.11 Å². The maximum Gasteiger partial charge on any atom is 0.0634 e. The van der Waals surface area contributed by atoms with Crippen LogP contribution >= 0.6 is 0 Å². The highest BCUT2D eigenvalue weighted by Gasteiger charge is 2.61. The molecule has 3 saturated carbocycles. The third-order valence-corrected chi connectivity index (χ3v) is 13.3. The Morgan fingerprint density at radius 1 is 0.979 bits per heavy atom. The van der Waals surface area contributed by atoms with Crippen molar-refractivity contribution in [2.45, 2.75) is 132 Å². The number of hydrogen-bond donors (Lipinski definition) is 5. The Morgan fingerprint density at radius 2 is 1.67 bits per heavy atom. The first kappa shape index (κ1) is 39.8. The Morgan fingerprint density at radius 3 is 2.25 bits per heavy atom. The monoisotopic (exact) mass is 661 g/mol. The second kappa shape index (κ2) is 16.4. The van der Waals surface area contributed by atoms with Gasteiger partial charge in [-0.2, -0.15) is 0 Å². The van der Waals surface area contributed by atoms with Crippen molar-refractivity contribution in [3.05, 3.63) is 72.1 Å². The molecule has 5 rings (SSSR count). The zero-order valence-corrected chi connectivity index (χ0v) is 32.0. The quantitative estimate of drug-likeness (QED) is 0.102. The van der Waals surface area contributed by atoms with Crippen molar-refractivity contribution in [1.82, 2.24) is 0 Å². The number of nitrogens with two attached hydrogens (primary N) is 4. The summed E-state index contributed by atoms with van der Waals surface area (Å²) in [5.41, 5.74) is 28.4. The van der Waals surface area contributed by atoms with Crippen molar-refractivity contribution in [2.24, 2.45) is 63.2 Å². The first-order chi connectivity index (χ1) is 22.6. The summed E-state index contributed by atoms with van der Waals surface area (Å²) in [6.45, 7) is 25.7. The lowest BCUT2D eigenvalue weighted by molar-refractivity contribution is -0.0814. The van der Waals surface area contributed by atoms with Crippen LogP contribution in [-0.4, -0.2) is 11.2 Å². The van der Waals surface area contributed by atoms with E-state index in [4.69, 9.17) is 22.9 Å². The molecule has 1 aromatic rings. The van der Waals surface area contributed by atoms with Gasteiger partial charge in [-0.15, -0.1) is 0 Å². The molecule has 9 atom stereocenters. The average molecular weight is 661 g/mol. The average Bonchev–Trinajstić information content (AvgIpc) is 3.39. The van der Waals surface area contributed by atoms with Crippen LogP contribution in [0.5, 0.6) is 0 Å². The fraction of sp³-hybridized carbons (Fsp3) is 0.674.